The highest BCUT2D eigenvalue weighted by Gasteiger charge is 2.13. The minimum atomic E-state index is 0.627. The van der Waals surface area contributed by atoms with E-state index >= 15 is 0 Å². The van der Waals surface area contributed by atoms with E-state index in [9.17, 15) is 0 Å². The SMILES string of the molecule is CCC(C)N(CCC(N)=S)CC(C)C. The van der Waals surface area contributed by atoms with Crippen LogP contribution in [-0.2, 0) is 0 Å². The molecule has 1 atom stereocenters. The predicted molar refractivity (Wildman–Crippen MR) is 67.6 cm³/mol. The van der Waals surface area contributed by atoms with Crippen LogP contribution < -0.4 is 5.73 Å². The number of rotatable bonds is 7. The van der Waals surface area contributed by atoms with E-state index in [1.54, 1.807) is 0 Å². The molecule has 0 heterocycles. The second-order valence-electron chi connectivity index (χ2n) is 4.36. The first kappa shape index (κ1) is 13.8. The van der Waals surface area contributed by atoms with Gasteiger partial charge in [-0.3, -0.25) is 0 Å². The van der Waals surface area contributed by atoms with Crippen molar-refractivity contribution < 1.29 is 0 Å². The van der Waals surface area contributed by atoms with E-state index in [0.29, 0.717) is 16.9 Å². The van der Waals surface area contributed by atoms with E-state index in [1.807, 2.05) is 0 Å². The van der Waals surface area contributed by atoms with E-state index in [1.165, 1.54) is 6.42 Å². The van der Waals surface area contributed by atoms with Gasteiger partial charge in [0.05, 0.1) is 4.99 Å². The Morgan fingerprint density at radius 3 is 2.29 bits per heavy atom. The number of hydrogen-bond donors (Lipinski definition) is 1. The summed E-state index contributed by atoms with van der Waals surface area (Å²) < 4.78 is 0. The molecule has 0 rings (SSSR count). The second-order valence-corrected chi connectivity index (χ2v) is 4.89. The fourth-order valence-corrected chi connectivity index (χ4v) is 1.56. The number of thiocarbonyl (C=S) groups is 1. The van der Waals surface area contributed by atoms with Crippen LogP contribution in [-0.4, -0.2) is 29.0 Å². The van der Waals surface area contributed by atoms with Gasteiger partial charge >= 0.3 is 0 Å². The van der Waals surface area contributed by atoms with Crippen LogP contribution in [0.5, 0.6) is 0 Å². The Morgan fingerprint density at radius 1 is 1.36 bits per heavy atom. The molecule has 0 bridgehead atoms. The first-order chi connectivity index (χ1) is 6.47. The Balaban J connectivity index is 4.03. The third kappa shape index (κ3) is 6.33. The van der Waals surface area contributed by atoms with E-state index in [4.69, 9.17) is 18.0 Å². The summed E-state index contributed by atoms with van der Waals surface area (Å²) in [5, 5.41) is 0. The fraction of sp³-hybridized carbons (Fsp3) is 0.909. The van der Waals surface area contributed by atoms with Gasteiger partial charge < -0.3 is 10.6 Å². The summed E-state index contributed by atoms with van der Waals surface area (Å²) in [5.41, 5.74) is 5.52. The van der Waals surface area contributed by atoms with Crippen LogP contribution in [0.15, 0.2) is 0 Å². The Labute approximate surface area is 93.8 Å². The minimum absolute atomic E-state index is 0.627. The Morgan fingerprint density at radius 2 is 1.93 bits per heavy atom. The van der Waals surface area contributed by atoms with Gasteiger partial charge in [0.15, 0.2) is 0 Å². The third-order valence-electron chi connectivity index (χ3n) is 2.46. The molecule has 0 aliphatic rings. The molecule has 84 valence electrons. The first-order valence-corrected chi connectivity index (χ1v) is 5.90. The van der Waals surface area contributed by atoms with E-state index in [-0.39, 0.29) is 0 Å². The van der Waals surface area contributed by atoms with Crippen LogP contribution >= 0.6 is 12.2 Å². The van der Waals surface area contributed by atoms with Crippen molar-refractivity contribution in [1.29, 1.82) is 0 Å². The molecule has 0 aromatic rings. The van der Waals surface area contributed by atoms with Crippen LogP contribution in [0.1, 0.15) is 40.5 Å². The molecule has 0 aromatic carbocycles. The highest BCUT2D eigenvalue weighted by atomic mass is 32.1. The summed E-state index contributed by atoms with van der Waals surface area (Å²) in [6, 6.07) is 0.631. The van der Waals surface area contributed by atoms with Crippen molar-refractivity contribution in [3.63, 3.8) is 0 Å². The highest BCUT2D eigenvalue weighted by Crippen LogP contribution is 2.08. The van der Waals surface area contributed by atoms with Crippen LogP contribution in [0.25, 0.3) is 0 Å². The van der Waals surface area contributed by atoms with Gasteiger partial charge in [-0.25, -0.2) is 0 Å². The molecule has 3 heteroatoms. The number of nitrogens with zero attached hydrogens (tertiary/aromatic N) is 1. The maximum absolute atomic E-state index is 5.52. The molecule has 1 unspecified atom stereocenters. The molecule has 0 aliphatic carbocycles. The third-order valence-corrected chi connectivity index (χ3v) is 2.66. The van der Waals surface area contributed by atoms with Crippen LogP contribution in [0.2, 0.25) is 0 Å². The summed E-state index contributed by atoms with van der Waals surface area (Å²) in [5.74, 6) is 0.704. The summed E-state index contributed by atoms with van der Waals surface area (Å²) in [7, 11) is 0. The van der Waals surface area contributed by atoms with E-state index < -0.39 is 0 Å². The van der Waals surface area contributed by atoms with Gasteiger partial charge in [-0.1, -0.05) is 33.0 Å². The summed E-state index contributed by atoms with van der Waals surface area (Å²) in [6.45, 7) is 11.1. The van der Waals surface area contributed by atoms with Gasteiger partial charge in [-0.05, 0) is 19.3 Å². The van der Waals surface area contributed by atoms with Gasteiger partial charge in [-0.15, -0.1) is 0 Å². The van der Waals surface area contributed by atoms with Gasteiger partial charge in [0.1, 0.15) is 0 Å². The van der Waals surface area contributed by atoms with E-state index in [0.717, 1.165) is 19.5 Å². The molecule has 0 spiro atoms. The van der Waals surface area contributed by atoms with Crippen molar-refractivity contribution in [3.05, 3.63) is 0 Å². The minimum Gasteiger partial charge on any atom is -0.393 e. The average Bonchev–Trinajstić information content (AvgIpc) is 2.10. The lowest BCUT2D eigenvalue weighted by Crippen LogP contribution is -2.37. The molecule has 0 amide bonds. The first-order valence-electron chi connectivity index (χ1n) is 5.49. The van der Waals surface area contributed by atoms with Gasteiger partial charge in [0.2, 0.25) is 0 Å². The van der Waals surface area contributed by atoms with Gasteiger partial charge in [0, 0.05) is 25.6 Å². The highest BCUT2D eigenvalue weighted by molar-refractivity contribution is 7.80. The zero-order valence-corrected chi connectivity index (χ0v) is 10.7. The molecule has 0 aromatic heterocycles. The van der Waals surface area contributed by atoms with Crippen molar-refractivity contribution in [2.24, 2.45) is 11.7 Å². The largest absolute Gasteiger partial charge is 0.393 e. The lowest BCUT2D eigenvalue weighted by molar-refractivity contribution is 0.187. The van der Waals surface area contributed by atoms with Crippen molar-refractivity contribution in [2.75, 3.05) is 13.1 Å². The Kier molecular flexibility index (Phi) is 7.11. The maximum Gasteiger partial charge on any atom is 0.0740 e. The molecular weight excluding hydrogens is 192 g/mol. The van der Waals surface area contributed by atoms with Crippen molar-refractivity contribution >= 4 is 17.2 Å². The monoisotopic (exact) mass is 216 g/mol. The predicted octanol–water partition coefficient (Wildman–Crippen LogP) is 2.42. The zero-order valence-electron chi connectivity index (χ0n) is 9.92. The summed E-state index contributed by atoms with van der Waals surface area (Å²) >= 11 is 4.90. The lowest BCUT2D eigenvalue weighted by Gasteiger charge is -2.29. The lowest BCUT2D eigenvalue weighted by atomic mass is 10.1. The van der Waals surface area contributed by atoms with Crippen LogP contribution in [0.4, 0.5) is 0 Å². The number of hydrogen-bond acceptors (Lipinski definition) is 2. The molecule has 0 fully saturated rings. The standard InChI is InChI=1S/C11H24N2S/c1-5-10(4)13(8-9(2)3)7-6-11(12)14/h9-10H,5-8H2,1-4H3,(H2,12,14). The smallest absolute Gasteiger partial charge is 0.0740 e. The normalized spacial score (nSPS) is 13.6. The molecule has 2 N–H and O–H groups in total. The van der Waals surface area contributed by atoms with Crippen molar-refractivity contribution in [2.45, 2.75) is 46.6 Å². The molecule has 0 radical (unpaired) electrons. The molecule has 0 saturated heterocycles. The number of nitrogens with two attached hydrogens (primary N) is 1. The molecule has 0 aliphatic heterocycles. The van der Waals surface area contributed by atoms with Gasteiger partial charge in [-0.2, -0.15) is 0 Å². The van der Waals surface area contributed by atoms with Crippen LogP contribution in [0.3, 0.4) is 0 Å². The van der Waals surface area contributed by atoms with Gasteiger partial charge in [0.25, 0.3) is 0 Å². The second kappa shape index (κ2) is 7.18. The quantitative estimate of drug-likeness (QED) is 0.663. The zero-order chi connectivity index (χ0) is 11.1. The molecule has 2 nitrogen and oxygen atoms in total. The molecular formula is C11H24N2S. The Bertz CT molecular complexity index is 169. The Hall–Kier alpha value is -0.150. The summed E-state index contributed by atoms with van der Waals surface area (Å²) in [6.07, 6.45) is 2.02. The average molecular weight is 216 g/mol. The molecule has 0 saturated carbocycles. The molecule has 14 heavy (non-hydrogen) atoms. The summed E-state index contributed by atoms with van der Waals surface area (Å²) in [4.78, 5) is 3.10. The topological polar surface area (TPSA) is 29.3 Å². The van der Waals surface area contributed by atoms with Crippen LogP contribution in [0, 0.1) is 5.92 Å². The van der Waals surface area contributed by atoms with E-state index in [2.05, 4.69) is 32.6 Å². The van der Waals surface area contributed by atoms with Crippen molar-refractivity contribution in [1.82, 2.24) is 4.90 Å². The fourth-order valence-electron chi connectivity index (χ4n) is 1.47. The van der Waals surface area contributed by atoms with Crippen molar-refractivity contribution in [3.8, 4) is 0 Å². The maximum atomic E-state index is 5.52.